The molecule has 1 N–H and O–H groups in total. The Morgan fingerprint density at radius 1 is 1.53 bits per heavy atom. The minimum absolute atomic E-state index is 0.303. The van der Waals surface area contributed by atoms with E-state index in [1.54, 1.807) is 0 Å². The van der Waals surface area contributed by atoms with Crippen LogP contribution in [0.15, 0.2) is 12.4 Å². The van der Waals surface area contributed by atoms with Gasteiger partial charge in [-0.3, -0.25) is 14.4 Å². The number of rotatable bonds is 4. The van der Waals surface area contributed by atoms with Gasteiger partial charge in [0, 0.05) is 24.8 Å². The molecular weight excluding hydrogens is 242 g/mol. The van der Waals surface area contributed by atoms with Crippen LogP contribution in [0.3, 0.4) is 0 Å². The number of carbonyl (C=O) groups is 1. The van der Waals surface area contributed by atoms with Crippen LogP contribution in [0.5, 0.6) is 0 Å². The van der Waals surface area contributed by atoms with E-state index >= 15 is 0 Å². The van der Waals surface area contributed by atoms with Gasteiger partial charge < -0.3 is 5.11 Å². The van der Waals surface area contributed by atoms with Crippen molar-refractivity contribution in [3.8, 4) is 0 Å². The van der Waals surface area contributed by atoms with E-state index in [-0.39, 0.29) is 0 Å². The van der Waals surface area contributed by atoms with Crippen LogP contribution < -0.4 is 0 Å². The summed E-state index contributed by atoms with van der Waals surface area (Å²) in [5.74, 6) is -0.635. The quantitative estimate of drug-likeness (QED) is 0.905. The molecule has 2 rings (SSSR count). The van der Waals surface area contributed by atoms with Crippen LogP contribution in [0, 0.1) is 5.41 Å². The maximum absolute atomic E-state index is 11.4. The van der Waals surface area contributed by atoms with Crippen LogP contribution in [-0.2, 0) is 11.8 Å². The van der Waals surface area contributed by atoms with Gasteiger partial charge in [-0.15, -0.1) is 0 Å². The van der Waals surface area contributed by atoms with E-state index in [0.717, 1.165) is 32.4 Å². The molecule has 0 radical (unpaired) electrons. The Balaban J connectivity index is 2.02. The van der Waals surface area contributed by atoms with Crippen LogP contribution in [0.2, 0.25) is 0 Å². The Bertz CT molecular complexity index is 447. The lowest BCUT2D eigenvalue weighted by Gasteiger charge is -2.40. The molecule has 1 saturated heterocycles. The third-order valence-corrected chi connectivity index (χ3v) is 4.64. The highest BCUT2D eigenvalue weighted by molar-refractivity contribution is 5.74. The van der Waals surface area contributed by atoms with Crippen molar-refractivity contribution in [1.29, 1.82) is 0 Å². The number of aliphatic carboxylic acids is 1. The van der Waals surface area contributed by atoms with Gasteiger partial charge in [0.2, 0.25) is 0 Å². The van der Waals surface area contributed by atoms with Gasteiger partial charge in [-0.1, -0.05) is 6.92 Å². The first-order valence-corrected chi connectivity index (χ1v) is 6.94. The number of hydrogen-bond acceptors (Lipinski definition) is 3. The lowest BCUT2D eigenvalue weighted by molar-refractivity contribution is -0.152. The van der Waals surface area contributed by atoms with Gasteiger partial charge in [0.25, 0.3) is 0 Å². The van der Waals surface area contributed by atoms with E-state index in [1.165, 1.54) is 5.56 Å². The fraction of sp³-hybridized carbons (Fsp3) is 0.714. The Morgan fingerprint density at radius 2 is 2.16 bits per heavy atom. The average Bonchev–Trinajstić information content (AvgIpc) is 2.84. The molecule has 1 fully saturated rings. The summed E-state index contributed by atoms with van der Waals surface area (Å²) < 4.78 is 1.81. The van der Waals surface area contributed by atoms with Crippen molar-refractivity contribution in [2.45, 2.75) is 39.2 Å². The number of carboxylic acid groups (broad SMARTS) is 1. The predicted molar refractivity (Wildman–Crippen MR) is 72.8 cm³/mol. The third-order valence-electron chi connectivity index (χ3n) is 4.64. The molecule has 1 aromatic rings. The molecule has 0 spiro atoms. The maximum atomic E-state index is 11.4. The van der Waals surface area contributed by atoms with Gasteiger partial charge >= 0.3 is 5.97 Å². The van der Waals surface area contributed by atoms with Crippen molar-refractivity contribution in [3.05, 3.63) is 18.0 Å². The number of nitrogens with zero attached hydrogens (tertiary/aromatic N) is 3. The summed E-state index contributed by atoms with van der Waals surface area (Å²) in [6.07, 6.45) is 6.12. The molecule has 19 heavy (non-hydrogen) atoms. The highest BCUT2D eigenvalue weighted by Crippen LogP contribution is 2.37. The largest absolute Gasteiger partial charge is 0.481 e. The number of piperidine rings is 1. The molecule has 0 aromatic carbocycles. The van der Waals surface area contributed by atoms with E-state index < -0.39 is 11.4 Å². The molecule has 2 heterocycles. The van der Waals surface area contributed by atoms with Crippen molar-refractivity contribution in [2.75, 3.05) is 13.1 Å². The summed E-state index contributed by atoms with van der Waals surface area (Å²) in [7, 11) is 1.92. The van der Waals surface area contributed by atoms with Gasteiger partial charge in [-0.05, 0) is 39.3 Å². The molecule has 106 valence electrons. The summed E-state index contributed by atoms with van der Waals surface area (Å²) in [5.41, 5.74) is 0.687. The van der Waals surface area contributed by atoms with Crippen molar-refractivity contribution in [1.82, 2.24) is 14.7 Å². The smallest absolute Gasteiger partial charge is 0.309 e. The molecule has 1 aliphatic heterocycles. The van der Waals surface area contributed by atoms with Crippen LogP contribution in [0.1, 0.15) is 44.7 Å². The minimum atomic E-state index is -0.635. The molecular formula is C14H23N3O2. The van der Waals surface area contributed by atoms with Crippen molar-refractivity contribution >= 4 is 5.97 Å². The molecule has 0 saturated carbocycles. The van der Waals surface area contributed by atoms with Crippen molar-refractivity contribution < 1.29 is 9.90 Å². The number of aryl methyl sites for hydroxylation is 1. The van der Waals surface area contributed by atoms with Gasteiger partial charge in [-0.2, -0.15) is 5.10 Å². The van der Waals surface area contributed by atoms with Crippen LogP contribution in [0.25, 0.3) is 0 Å². The normalized spacial score (nSPS) is 21.2. The summed E-state index contributed by atoms with van der Waals surface area (Å²) in [4.78, 5) is 13.8. The second kappa shape index (κ2) is 5.33. The first kappa shape index (κ1) is 14.1. The molecule has 5 heteroatoms. The molecule has 0 bridgehead atoms. The summed E-state index contributed by atoms with van der Waals surface area (Å²) in [6.45, 7) is 5.83. The number of hydrogen-bond donors (Lipinski definition) is 1. The number of aromatic nitrogens is 2. The lowest BCUT2D eigenvalue weighted by Crippen LogP contribution is -2.44. The van der Waals surface area contributed by atoms with Crippen LogP contribution >= 0.6 is 0 Å². The Kier molecular flexibility index (Phi) is 3.94. The van der Waals surface area contributed by atoms with Gasteiger partial charge in [0.1, 0.15) is 0 Å². The predicted octanol–water partition coefficient (Wildman–Crippen LogP) is 2.06. The highest BCUT2D eigenvalue weighted by atomic mass is 16.4. The molecule has 5 nitrogen and oxygen atoms in total. The molecule has 1 atom stereocenters. The fourth-order valence-corrected chi connectivity index (χ4v) is 2.92. The lowest BCUT2D eigenvalue weighted by atomic mass is 9.76. The fourth-order valence-electron chi connectivity index (χ4n) is 2.92. The van der Waals surface area contributed by atoms with Gasteiger partial charge in [0.15, 0.2) is 0 Å². The molecule has 1 aliphatic rings. The van der Waals surface area contributed by atoms with E-state index in [0.29, 0.717) is 6.04 Å². The van der Waals surface area contributed by atoms with E-state index in [1.807, 2.05) is 31.0 Å². The second-order valence-corrected chi connectivity index (χ2v) is 5.60. The van der Waals surface area contributed by atoms with E-state index in [2.05, 4.69) is 16.9 Å². The number of carboxylic acids is 1. The monoisotopic (exact) mass is 265 g/mol. The van der Waals surface area contributed by atoms with Gasteiger partial charge in [-0.25, -0.2) is 0 Å². The first-order valence-electron chi connectivity index (χ1n) is 6.94. The molecule has 0 amide bonds. The molecule has 0 aliphatic carbocycles. The summed E-state index contributed by atoms with van der Waals surface area (Å²) in [5, 5.41) is 13.6. The maximum Gasteiger partial charge on any atom is 0.309 e. The topological polar surface area (TPSA) is 58.4 Å². The Labute approximate surface area is 114 Å². The minimum Gasteiger partial charge on any atom is -0.481 e. The molecule has 1 unspecified atom stereocenters. The second-order valence-electron chi connectivity index (χ2n) is 5.60. The van der Waals surface area contributed by atoms with Gasteiger partial charge in [0.05, 0.1) is 11.6 Å². The summed E-state index contributed by atoms with van der Waals surface area (Å²) in [6, 6.07) is 0.303. The van der Waals surface area contributed by atoms with Crippen molar-refractivity contribution in [3.63, 3.8) is 0 Å². The van der Waals surface area contributed by atoms with Crippen molar-refractivity contribution in [2.24, 2.45) is 12.5 Å². The van der Waals surface area contributed by atoms with Crippen LogP contribution in [0.4, 0.5) is 0 Å². The van der Waals surface area contributed by atoms with Crippen LogP contribution in [-0.4, -0.2) is 38.8 Å². The zero-order valence-corrected chi connectivity index (χ0v) is 12.0. The average molecular weight is 265 g/mol. The zero-order chi connectivity index (χ0) is 14.0. The standard InChI is InChI=1S/C14H23N3O2/c1-4-14(13(18)19)5-7-17(8-6-14)11(2)12-9-15-16(3)10-12/h9-11H,4-8H2,1-3H3,(H,18,19). The molecule has 1 aromatic heterocycles. The van der Waals surface area contributed by atoms with E-state index in [9.17, 15) is 9.90 Å². The van der Waals surface area contributed by atoms with E-state index in [4.69, 9.17) is 0 Å². The Hall–Kier alpha value is -1.36. The summed E-state index contributed by atoms with van der Waals surface area (Å²) >= 11 is 0. The third kappa shape index (κ3) is 2.66. The number of likely N-dealkylation sites (tertiary alicyclic amines) is 1. The Morgan fingerprint density at radius 3 is 2.58 bits per heavy atom. The SMILES string of the molecule is CCC1(C(=O)O)CCN(C(C)c2cnn(C)c2)CC1. The first-order chi connectivity index (χ1) is 8.98. The highest BCUT2D eigenvalue weighted by Gasteiger charge is 2.40. The zero-order valence-electron chi connectivity index (χ0n) is 12.0.